The van der Waals surface area contributed by atoms with Gasteiger partial charge in [-0.25, -0.2) is 4.98 Å². The molecule has 0 bridgehead atoms. The monoisotopic (exact) mass is 464 g/mol. The number of carboxylic acid groups (broad SMARTS) is 1. The highest BCUT2D eigenvalue weighted by Gasteiger charge is 2.33. The first-order chi connectivity index (χ1) is 15.1. The van der Waals surface area contributed by atoms with Crippen molar-refractivity contribution in [2.24, 2.45) is 5.92 Å². The predicted octanol–water partition coefficient (Wildman–Crippen LogP) is 5.01. The fourth-order valence-electron chi connectivity index (χ4n) is 3.16. The zero-order valence-corrected chi connectivity index (χ0v) is 17.7. The van der Waals surface area contributed by atoms with Crippen molar-refractivity contribution in [1.29, 1.82) is 0 Å². The number of thiazole rings is 1. The van der Waals surface area contributed by atoms with Crippen molar-refractivity contribution < 1.29 is 32.6 Å². The summed E-state index contributed by atoms with van der Waals surface area (Å²) in [5.74, 6) is -2.78. The Morgan fingerprint density at radius 1 is 1.12 bits per heavy atom. The summed E-state index contributed by atoms with van der Waals surface area (Å²) in [7, 11) is 1.46. The molecule has 0 spiro atoms. The normalized spacial score (nSPS) is 12.2. The number of carbonyl (C=O) groups excluding carboxylic acids is 1. The maximum Gasteiger partial charge on any atom is 0.573 e. The maximum atomic E-state index is 13.0. The first-order valence-electron chi connectivity index (χ1n) is 9.48. The number of aliphatic carboxylic acids is 1. The van der Waals surface area contributed by atoms with Gasteiger partial charge >= 0.3 is 12.3 Å². The first-order valence-corrected chi connectivity index (χ1v) is 10.4. The molecule has 3 rings (SSSR count). The molecule has 1 heterocycles. The van der Waals surface area contributed by atoms with E-state index in [2.05, 4.69) is 9.72 Å². The van der Waals surface area contributed by atoms with Gasteiger partial charge in [0.1, 0.15) is 5.75 Å². The summed E-state index contributed by atoms with van der Waals surface area (Å²) in [4.78, 5) is 29.9. The molecule has 3 aromatic rings. The number of alkyl halides is 3. The van der Waals surface area contributed by atoms with E-state index in [0.717, 1.165) is 16.9 Å². The average molecular weight is 464 g/mol. The number of halogens is 3. The van der Waals surface area contributed by atoms with E-state index >= 15 is 0 Å². The summed E-state index contributed by atoms with van der Waals surface area (Å²) >= 11 is 1.06. The number of carbonyl (C=O) groups is 2. The minimum atomic E-state index is -4.86. The maximum absolute atomic E-state index is 13.0. The fraction of sp³-hybridized carbons (Fsp3) is 0.227. The van der Waals surface area contributed by atoms with E-state index in [1.807, 2.05) is 6.07 Å². The summed E-state index contributed by atoms with van der Waals surface area (Å²) in [6.45, 7) is 0. The van der Waals surface area contributed by atoms with Crippen LogP contribution in [0.4, 0.5) is 18.3 Å². The van der Waals surface area contributed by atoms with Crippen LogP contribution in [-0.2, 0) is 16.0 Å². The summed E-state index contributed by atoms with van der Waals surface area (Å²) < 4.78 is 42.2. The van der Waals surface area contributed by atoms with Crippen LogP contribution in [0.2, 0.25) is 0 Å². The van der Waals surface area contributed by atoms with Gasteiger partial charge in [0.05, 0.1) is 18.0 Å². The van der Waals surface area contributed by atoms with Crippen LogP contribution in [0, 0.1) is 5.92 Å². The Labute approximate surface area is 185 Å². The van der Waals surface area contributed by atoms with Crippen LogP contribution >= 0.6 is 11.3 Å². The van der Waals surface area contributed by atoms with Gasteiger partial charge in [0.2, 0.25) is 5.91 Å². The topological polar surface area (TPSA) is 79.7 Å². The number of para-hydroxylation sites is 1. The lowest BCUT2D eigenvalue weighted by molar-refractivity contribution is -0.274. The fourth-order valence-corrected chi connectivity index (χ4v) is 3.95. The lowest BCUT2D eigenvalue weighted by atomic mass is 9.95. The molecule has 1 N–H and O–H groups in total. The Balaban J connectivity index is 1.83. The van der Waals surface area contributed by atoms with Gasteiger partial charge < -0.3 is 9.84 Å². The SMILES string of the molecule is CN(C(=O)C(CC(=O)O)Cc1ccccc1)c1nc(-c2ccccc2OC(F)(F)F)cs1. The van der Waals surface area contributed by atoms with Crippen LogP contribution in [-0.4, -0.2) is 35.4 Å². The van der Waals surface area contributed by atoms with E-state index in [1.165, 1.54) is 35.5 Å². The van der Waals surface area contributed by atoms with Crippen molar-refractivity contribution >= 4 is 28.3 Å². The largest absolute Gasteiger partial charge is 0.573 e. The lowest BCUT2D eigenvalue weighted by Gasteiger charge is -2.21. The van der Waals surface area contributed by atoms with Crippen LogP contribution in [0.15, 0.2) is 60.0 Å². The molecule has 2 aromatic carbocycles. The molecule has 1 amide bonds. The van der Waals surface area contributed by atoms with Gasteiger partial charge in [0, 0.05) is 18.0 Å². The van der Waals surface area contributed by atoms with Crippen molar-refractivity contribution in [2.45, 2.75) is 19.2 Å². The highest BCUT2D eigenvalue weighted by Crippen LogP contribution is 2.36. The standard InChI is InChI=1S/C22H19F3N2O4S/c1-27(20(30)15(12-19(28)29)11-14-7-3-2-4-8-14)21-26-17(13-32-21)16-9-5-6-10-18(16)31-22(23,24)25/h2-10,13,15H,11-12H2,1H3,(H,28,29). The molecule has 0 fully saturated rings. The summed E-state index contributed by atoms with van der Waals surface area (Å²) in [6.07, 6.45) is -4.99. The van der Waals surface area contributed by atoms with Gasteiger partial charge in [-0.05, 0) is 24.1 Å². The van der Waals surface area contributed by atoms with E-state index in [0.29, 0.717) is 0 Å². The van der Waals surface area contributed by atoms with Gasteiger partial charge in [-0.15, -0.1) is 24.5 Å². The Kier molecular flexibility index (Phi) is 7.14. The minimum absolute atomic E-state index is 0.125. The summed E-state index contributed by atoms with van der Waals surface area (Å²) in [5.41, 5.74) is 1.15. The quantitative estimate of drug-likeness (QED) is 0.507. The first kappa shape index (κ1) is 23.3. The molecule has 0 radical (unpaired) electrons. The highest BCUT2D eigenvalue weighted by atomic mass is 32.1. The molecule has 0 aliphatic rings. The summed E-state index contributed by atoms with van der Waals surface area (Å²) in [6, 6.07) is 14.6. The summed E-state index contributed by atoms with van der Waals surface area (Å²) in [5, 5.41) is 11.0. The van der Waals surface area contributed by atoms with Crippen LogP contribution in [0.25, 0.3) is 11.3 Å². The molecule has 168 valence electrons. The molecule has 0 saturated heterocycles. The van der Waals surface area contributed by atoms with E-state index in [-0.39, 0.29) is 29.2 Å². The number of ether oxygens (including phenoxy) is 1. The van der Waals surface area contributed by atoms with Crippen molar-refractivity contribution in [3.8, 4) is 17.0 Å². The Morgan fingerprint density at radius 2 is 1.78 bits per heavy atom. The molecular weight excluding hydrogens is 445 g/mol. The molecule has 1 aromatic heterocycles. The van der Waals surface area contributed by atoms with Gasteiger partial charge in [-0.2, -0.15) is 0 Å². The van der Waals surface area contributed by atoms with Gasteiger partial charge in [0.25, 0.3) is 0 Å². The van der Waals surface area contributed by atoms with E-state index in [4.69, 9.17) is 0 Å². The van der Waals surface area contributed by atoms with Crippen molar-refractivity contribution in [2.75, 3.05) is 11.9 Å². The number of rotatable bonds is 8. The van der Waals surface area contributed by atoms with Crippen molar-refractivity contribution in [3.63, 3.8) is 0 Å². The number of hydrogen-bond donors (Lipinski definition) is 1. The molecule has 0 aliphatic heterocycles. The second-order valence-electron chi connectivity index (χ2n) is 6.94. The Hall–Kier alpha value is -3.40. The van der Waals surface area contributed by atoms with Crippen molar-refractivity contribution in [3.05, 3.63) is 65.5 Å². The van der Waals surface area contributed by atoms with Crippen LogP contribution in [0.3, 0.4) is 0 Å². The van der Waals surface area contributed by atoms with Gasteiger partial charge in [-0.3, -0.25) is 14.5 Å². The van der Waals surface area contributed by atoms with E-state index < -0.39 is 29.9 Å². The number of anilines is 1. The number of amides is 1. The van der Waals surface area contributed by atoms with Crippen LogP contribution < -0.4 is 9.64 Å². The van der Waals surface area contributed by atoms with E-state index in [1.54, 1.807) is 30.3 Å². The van der Waals surface area contributed by atoms with Crippen LogP contribution in [0.5, 0.6) is 5.75 Å². The Bertz CT molecular complexity index is 1090. The zero-order valence-electron chi connectivity index (χ0n) is 16.9. The molecule has 0 saturated carbocycles. The second-order valence-corrected chi connectivity index (χ2v) is 7.78. The molecule has 0 aliphatic carbocycles. The van der Waals surface area contributed by atoms with Crippen LogP contribution in [0.1, 0.15) is 12.0 Å². The number of benzene rings is 2. The number of aromatic nitrogens is 1. The molecule has 1 atom stereocenters. The highest BCUT2D eigenvalue weighted by molar-refractivity contribution is 7.14. The Morgan fingerprint density at radius 3 is 2.44 bits per heavy atom. The third-order valence-electron chi connectivity index (χ3n) is 4.59. The predicted molar refractivity (Wildman–Crippen MR) is 114 cm³/mol. The van der Waals surface area contributed by atoms with E-state index in [9.17, 15) is 27.9 Å². The molecule has 1 unspecified atom stereocenters. The average Bonchev–Trinajstić information content (AvgIpc) is 3.22. The molecule has 6 nitrogen and oxygen atoms in total. The van der Waals surface area contributed by atoms with Gasteiger partial charge in [-0.1, -0.05) is 42.5 Å². The number of hydrogen-bond acceptors (Lipinski definition) is 5. The minimum Gasteiger partial charge on any atom is -0.481 e. The van der Waals surface area contributed by atoms with Gasteiger partial charge in [0.15, 0.2) is 5.13 Å². The zero-order chi connectivity index (χ0) is 23.3. The molecular formula is C22H19F3N2O4S. The second kappa shape index (κ2) is 9.82. The third-order valence-corrected chi connectivity index (χ3v) is 5.51. The van der Waals surface area contributed by atoms with Crippen molar-refractivity contribution in [1.82, 2.24) is 4.98 Å². The molecule has 32 heavy (non-hydrogen) atoms. The number of nitrogens with zero attached hydrogens (tertiary/aromatic N) is 2. The number of carboxylic acids is 1. The third kappa shape index (κ3) is 6.07. The lowest BCUT2D eigenvalue weighted by Crippen LogP contribution is -2.35. The smallest absolute Gasteiger partial charge is 0.481 e. The molecule has 10 heteroatoms.